The molecule has 3 rings (SSSR count). The van der Waals surface area contributed by atoms with E-state index in [2.05, 4.69) is 6.92 Å². The van der Waals surface area contributed by atoms with Crippen LogP contribution >= 0.6 is 0 Å². The monoisotopic (exact) mass is 458 g/mol. The number of carbonyl (C=O) groups excluding carboxylic acids is 1. The molecule has 0 saturated heterocycles. The van der Waals surface area contributed by atoms with Gasteiger partial charge >= 0.3 is 18.3 Å². The smallest absolute Gasteiger partial charge is 0.430 e. The molecule has 0 aliphatic heterocycles. The Labute approximate surface area is 178 Å². The molecule has 180 valence electrons. The van der Waals surface area contributed by atoms with Gasteiger partial charge in [0.25, 0.3) is 5.60 Å². The van der Waals surface area contributed by atoms with Crippen LogP contribution in [0.15, 0.2) is 0 Å². The van der Waals surface area contributed by atoms with Gasteiger partial charge in [-0.2, -0.15) is 26.3 Å². The summed E-state index contributed by atoms with van der Waals surface area (Å²) in [6.45, 7) is 5.60. The number of ether oxygens (including phenoxy) is 1. The van der Waals surface area contributed by atoms with Gasteiger partial charge in [-0.15, -0.1) is 0 Å². The van der Waals surface area contributed by atoms with Crippen molar-refractivity contribution in [2.75, 3.05) is 0 Å². The first-order chi connectivity index (χ1) is 14.1. The summed E-state index contributed by atoms with van der Waals surface area (Å²) in [5.41, 5.74) is -6.24. The molecule has 0 aromatic heterocycles. The molecule has 0 radical (unpaired) electrons. The molecule has 0 aromatic rings. The van der Waals surface area contributed by atoms with Gasteiger partial charge < -0.3 is 9.84 Å². The first kappa shape index (κ1) is 24.6. The fraction of sp³-hybridized carbons (Fsp3) is 0.955. The third kappa shape index (κ3) is 4.08. The summed E-state index contributed by atoms with van der Waals surface area (Å²) < 4.78 is 86.8. The molecule has 3 fully saturated rings. The highest BCUT2D eigenvalue weighted by atomic mass is 19.4. The SMILES string of the molecule is CC1C2CC(C1C)C(C)(C(=O)OC(CC1CCCCC1)C(O)(C(F)(F)F)C(F)(F)F)C2. The minimum Gasteiger partial charge on any atom is -0.458 e. The Morgan fingerprint density at radius 2 is 1.58 bits per heavy atom. The lowest BCUT2D eigenvalue weighted by molar-refractivity contribution is -0.393. The van der Waals surface area contributed by atoms with Crippen molar-refractivity contribution < 1.29 is 41.0 Å². The number of carbonyl (C=O) groups is 1. The predicted molar refractivity (Wildman–Crippen MR) is 101 cm³/mol. The molecule has 1 N–H and O–H groups in total. The molecule has 3 nitrogen and oxygen atoms in total. The van der Waals surface area contributed by atoms with E-state index in [0.717, 1.165) is 6.42 Å². The molecule has 3 aliphatic rings. The van der Waals surface area contributed by atoms with Crippen molar-refractivity contribution in [1.29, 1.82) is 0 Å². The highest BCUT2D eigenvalue weighted by Gasteiger charge is 2.76. The second-order valence-corrected chi connectivity index (χ2v) is 10.3. The van der Waals surface area contributed by atoms with Gasteiger partial charge in [0.1, 0.15) is 6.10 Å². The van der Waals surface area contributed by atoms with Gasteiger partial charge in [0.05, 0.1) is 5.41 Å². The fourth-order valence-electron chi connectivity index (χ4n) is 6.41. The number of rotatable bonds is 5. The molecule has 6 atom stereocenters. The van der Waals surface area contributed by atoms with Gasteiger partial charge in [0.2, 0.25) is 0 Å². The maximum absolute atomic E-state index is 13.6. The number of aliphatic hydroxyl groups is 1. The Morgan fingerprint density at radius 1 is 1.03 bits per heavy atom. The van der Waals surface area contributed by atoms with Gasteiger partial charge in [-0.1, -0.05) is 46.0 Å². The van der Waals surface area contributed by atoms with Crippen molar-refractivity contribution in [3.05, 3.63) is 0 Å². The summed E-state index contributed by atoms with van der Waals surface area (Å²) in [6.07, 6.45) is -11.2. The van der Waals surface area contributed by atoms with E-state index in [-0.39, 0.29) is 17.8 Å². The maximum atomic E-state index is 13.6. The Bertz CT molecular complexity index is 653. The van der Waals surface area contributed by atoms with E-state index >= 15 is 0 Å². The van der Waals surface area contributed by atoms with Crippen LogP contribution in [0, 0.1) is 35.0 Å². The van der Waals surface area contributed by atoms with Gasteiger partial charge in [-0.25, -0.2) is 0 Å². The van der Waals surface area contributed by atoms with E-state index < -0.39 is 47.8 Å². The normalized spacial score (nSPS) is 35.9. The molecule has 0 aromatic carbocycles. The lowest BCUT2D eigenvalue weighted by Crippen LogP contribution is -2.66. The van der Waals surface area contributed by atoms with Gasteiger partial charge in [0, 0.05) is 0 Å². The molecule has 9 heteroatoms. The van der Waals surface area contributed by atoms with E-state index in [1.165, 1.54) is 0 Å². The molecule has 0 heterocycles. The third-order valence-electron chi connectivity index (χ3n) is 8.59. The molecular formula is C22H32F6O3. The average molecular weight is 458 g/mol. The first-order valence-electron chi connectivity index (χ1n) is 11.2. The zero-order valence-corrected chi connectivity index (χ0v) is 18.2. The number of hydrogen-bond donors (Lipinski definition) is 1. The Hall–Kier alpha value is -0.990. The first-order valence-corrected chi connectivity index (χ1v) is 11.2. The lowest BCUT2D eigenvalue weighted by atomic mass is 9.66. The van der Waals surface area contributed by atoms with Crippen molar-refractivity contribution >= 4 is 5.97 Å². The fourth-order valence-corrected chi connectivity index (χ4v) is 6.41. The van der Waals surface area contributed by atoms with Crippen LogP contribution < -0.4 is 0 Å². The highest BCUT2D eigenvalue weighted by molar-refractivity contribution is 5.78. The third-order valence-corrected chi connectivity index (χ3v) is 8.59. The summed E-state index contributed by atoms with van der Waals surface area (Å²) in [7, 11) is 0. The zero-order valence-electron chi connectivity index (χ0n) is 18.2. The standard InChI is InChI=1S/C22H32F6O3/c1-12-13(2)16-10-15(12)11-19(16,3)18(29)31-17(9-14-7-5-4-6-8-14)20(30,21(23,24)25)22(26,27)28/h12-17,30H,4-11H2,1-3H3. The van der Waals surface area contributed by atoms with E-state index in [1.807, 2.05) is 6.92 Å². The van der Waals surface area contributed by atoms with E-state index in [9.17, 15) is 36.2 Å². The molecule has 3 aliphatic carbocycles. The highest BCUT2D eigenvalue weighted by Crippen LogP contribution is 2.61. The van der Waals surface area contributed by atoms with E-state index in [0.29, 0.717) is 44.4 Å². The summed E-state index contributed by atoms with van der Waals surface area (Å²) in [5, 5.41) is 10.0. The van der Waals surface area contributed by atoms with Crippen LogP contribution in [0.3, 0.4) is 0 Å². The van der Waals surface area contributed by atoms with Crippen LogP contribution in [0.4, 0.5) is 26.3 Å². The summed E-state index contributed by atoms with van der Waals surface area (Å²) in [4.78, 5) is 13.1. The minimum absolute atomic E-state index is 0.122. The second kappa shape index (κ2) is 8.10. The molecule has 0 amide bonds. The number of halogens is 6. The Balaban J connectivity index is 1.90. The molecule has 0 spiro atoms. The lowest BCUT2D eigenvalue weighted by Gasteiger charge is -2.43. The Kier molecular flexibility index (Phi) is 6.44. The van der Waals surface area contributed by atoms with Crippen LogP contribution in [0.5, 0.6) is 0 Å². The van der Waals surface area contributed by atoms with Crippen LogP contribution in [0.2, 0.25) is 0 Å². The van der Waals surface area contributed by atoms with Crippen LogP contribution in [0.25, 0.3) is 0 Å². The quantitative estimate of drug-likeness (QED) is 0.403. The summed E-state index contributed by atoms with van der Waals surface area (Å²) in [6, 6.07) is 0. The molecular weight excluding hydrogens is 426 g/mol. The van der Waals surface area contributed by atoms with Crippen molar-refractivity contribution in [2.45, 2.75) is 96.2 Å². The second-order valence-electron chi connectivity index (χ2n) is 10.3. The number of hydrogen-bond acceptors (Lipinski definition) is 3. The maximum Gasteiger partial charge on any atom is 0.430 e. The Morgan fingerprint density at radius 3 is 2.03 bits per heavy atom. The van der Waals surface area contributed by atoms with Crippen molar-refractivity contribution in [2.24, 2.45) is 35.0 Å². The summed E-state index contributed by atoms with van der Waals surface area (Å²) in [5.74, 6) is -1.01. The van der Waals surface area contributed by atoms with Crippen LogP contribution in [0.1, 0.15) is 72.1 Å². The predicted octanol–water partition coefficient (Wildman–Crippen LogP) is 6.04. The average Bonchev–Trinajstić information content (AvgIpc) is 3.15. The van der Waals surface area contributed by atoms with Crippen molar-refractivity contribution in [3.63, 3.8) is 0 Å². The topological polar surface area (TPSA) is 46.5 Å². The van der Waals surface area contributed by atoms with Gasteiger partial charge in [-0.3, -0.25) is 4.79 Å². The molecule has 6 unspecified atom stereocenters. The van der Waals surface area contributed by atoms with E-state index in [1.54, 1.807) is 6.92 Å². The summed E-state index contributed by atoms with van der Waals surface area (Å²) >= 11 is 0. The largest absolute Gasteiger partial charge is 0.458 e. The van der Waals surface area contributed by atoms with Gasteiger partial charge in [0.15, 0.2) is 0 Å². The molecule has 3 saturated carbocycles. The number of fused-ring (bicyclic) bond motifs is 2. The molecule has 31 heavy (non-hydrogen) atoms. The van der Waals surface area contributed by atoms with E-state index in [4.69, 9.17) is 4.74 Å². The molecule has 2 bridgehead atoms. The number of alkyl halides is 6. The van der Waals surface area contributed by atoms with Crippen LogP contribution in [-0.4, -0.2) is 35.1 Å². The van der Waals surface area contributed by atoms with Gasteiger partial charge in [-0.05, 0) is 55.8 Å². The van der Waals surface area contributed by atoms with Crippen molar-refractivity contribution in [1.82, 2.24) is 0 Å². The van der Waals surface area contributed by atoms with Crippen LogP contribution in [-0.2, 0) is 9.53 Å². The zero-order chi connectivity index (χ0) is 23.4. The number of esters is 1. The van der Waals surface area contributed by atoms with Crippen molar-refractivity contribution in [3.8, 4) is 0 Å². The minimum atomic E-state index is -6.03.